The second kappa shape index (κ2) is 6.80. The summed E-state index contributed by atoms with van der Waals surface area (Å²) in [6.07, 6.45) is 0.990. The number of halogens is 1. The maximum absolute atomic E-state index is 14.5. The minimum Gasteiger partial charge on any atom is -0.408 e. The van der Waals surface area contributed by atoms with Gasteiger partial charge in [-0.1, -0.05) is 6.07 Å². The van der Waals surface area contributed by atoms with Gasteiger partial charge in [0, 0.05) is 31.7 Å². The molecule has 6 aliphatic carbocycles. The molecule has 0 saturated heterocycles. The molecule has 0 bridgehead atoms. The Balaban J connectivity index is 0.937. The number of aryl methyl sites for hydroxylation is 1. The number of benzene rings is 1. The third kappa shape index (κ3) is 2.15. The molecule has 0 unspecified atom stereocenters. The van der Waals surface area contributed by atoms with Gasteiger partial charge in [0.05, 0.1) is 11.7 Å². The fourth-order valence-electron chi connectivity index (χ4n) is 10.0. The normalized spacial score (nSPS) is 34.9. The van der Waals surface area contributed by atoms with Crippen LogP contribution in [0.25, 0.3) is 16.7 Å². The standard InChI is InChI=1S/C28H26FN7O4/c1-34(2)28-20-17-21(28)19-22(28)18(20)27(17,19)10-31-25(38)15-7-13(33-23-12(29)9-32-36(15)23)24(37)30-8-11-4-5-16-14(6-11)35(3)26(39)40-16/h4-7,9,17-22H,8,10H2,1-3H3,(H,30,37)(H,31,38). The Labute approximate surface area is 226 Å². The zero-order valence-corrected chi connectivity index (χ0v) is 22.0. The Bertz CT molecular complexity index is 1850. The van der Waals surface area contributed by atoms with Gasteiger partial charge in [0.1, 0.15) is 11.4 Å². The van der Waals surface area contributed by atoms with Crippen LogP contribution in [0.2, 0.25) is 0 Å². The van der Waals surface area contributed by atoms with Gasteiger partial charge in [0.2, 0.25) is 0 Å². The van der Waals surface area contributed by atoms with E-state index in [1.165, 1.54) is 10.6 Å². The summed E-state index contributed by atoms with van der Waals surface area (Å²) in [6.45, 7) is 0.738. The van der Waals surface area contributed by atoms with E-state index in [1.807, 2.05) is 0 Å². The molecule has 3 heterocycles. The molecule has 2 amide bonds. The van der Waals surface area contributed by atoms with E-state index >= 15 is 0 Å². The predicted octanol–water partition coefficient (Wildman–Crippen LogP) is 1.03. The molecule has 204 valence electrons. The second-order valence-electron chi connectivity index (χ2n) is 12.4. The molecule has 0 spiro atoms. The fraction of sp³-hybridized carbons (Fsp3) is 0.464. The largest absolute Gasteiger partial charge is 0.419 e. The molecule has 1 aromatic carbocycles. The number of nitrogens with one attached hydrogen (secondary N) is 2. The summed E-state index contributed by atoms with van der Waals surface area (Å²) in [5, 5.41) is 9.86. The van der Waals surface area contributed by atoms with Crippen LogP contribution in [0.3, 0.4) is 0 Å². The van der Waals surface area contributed by atoms with Gasteiger partial charge in [-0.05, 0) is 72.7 Å². The van der Waals surface area contributed by atoms with Gasteiger partial charge in [-0.2, -0.15) is 5.10 Å². The number of hydrogen-bond acceptors (Lipinski definition) is 7. The molecule has 0 atom stereocenters. The SMILES string of the molecule is CN(C)C12C3C4C1C1C2C3C41CNC(=O)c1cc(C(=O)NCc2ccc3oc(=O)n(C)c3c2)nc2c(F)cnn12. The van der Waals surface area contributed by atoms with Crippen molar-refractivity contribution in [3.63, 3.8) is 0 Å². The Kier molecular flexibility index (Phi) is 3.86. The van der Waals surface area contributed by atoms with E-state index in [4.69, 9.17) is 4.42 Å². The molecule has 2 N–H and O–H groups in total. The number of carbonyl (C=O) groups is 2. The number of fused-ring (bicyclic) bond motifs is 2. The molecule has 0 radical (unpaired) electrons. The van der Waals surface area contributed by atoms with E-state index in [-0.39, 0.29) is 29.0 Å². The van der Waals surface area contributed by atoms with E-state index in [0.29, 0.717) is 40.9 Å². The highest BCUT2D eigenvalue weighted by molar-refractivity contribution is 5.98. The van der Waals surface area contributed by atoms with Gasteiger partial charge >= 0.3 is 5.76 Å². The molecule has 6 aliphatic rings. The van der Waals surface area contributed by atoms with Crippen molar-refractivity contribution in [2.24, 2.45) is 48.0 Å². The quantitative estimate of drug-likeness (QED) is 0.357. The maximum atomic E-state index is 14.5. The van der Waals surface area contributed by atoms with Crippen molar-refractivity contribution in [2.75, 3.05) is 20.6 Å². The summed E-state index contributed by atoms with van der Waals surface area (Å²) >= 11 is 0. The smallest absolute Gasteiger partial charge is 0.408 e. The lowest BCUT2D eigenvalue weighted by Crippen LogP contribution is -3.15. The number of aromatic nitrogens is 4. The summed E-state index contributed by atoms with van der Waals surface area (Å²) in [5.41, 5.74) is 2.25. The van der Waals surface area contributed by atoms with Crippen molar-refractivity contribution in [1.82, 2.24) is 34.7 Å². The Morgan fingerprint density at radius 3 is 2.50 bits per heavy atom. The van der Waals surface area contributed by atoms with Crippen molar-refractivity contribution in [1.29, 1.82) is 0 Å². The fourth-order valence-corrected chi connectivity index (χ4v) is 10.0. The van der Waals surface area contributed by atoms with Gasteiger partial charge in [-0.15, -0.1) is 0 Å². The van der Waals surface area contributed by atoms with Gasteiger partial charge < -0.3 is 20.0 Å². The van der Waals surface area contributed by atoms with Crippen LogP contribution in [0.1, 0.15) is 26.5 Å². The molecule has 40 heavy (non-hydrogen) atoms. The van der Waals surface area contributed by atoms with Crippen LogP contribution in [-0.4, -0.2) is 62.1 Å². The monoisotopic (exact) mass is 543 g/mol. The lowest BCUT2D eigenvalue weighted by molar-refractivity contribution is -0.639. The first-order chi connectivity index (χ1) is 19.2. The topological polar surface area (TPSA) is 127 Å². The lowest BCUT2D eigenvalue weighted by Gasteiger charge is -3.12. The van der Waals surface area contributed by atoms with E-state index in [0.717, 1.165) is 34.0 Å². The van der Waals surface area contributed by atoms with Crippen molar-refractivity contribution >= 4 is 28.6 Å². The summed E-state index contributed by atoms with van der Waals surface area (Å²) in [5.74, 6) is 2.31. The highest BCUT2D eigenvalue weighted by Crippen LogP contribution is 3.07. The molecular weight excluding hydrogens is 517 g/mol. The van der Waals surface area contributed by atoms with Gasteiger partial charge in [-0.25, -0.2) is 18.7 Å². The number of amides is 2. The van der Waals surface area contributed by atoms with Crippen molar-refractivity contribution in [2.45, 2.75) is 12.1 Å². The van der Waals surface area contributed by atoms with Crippen LogP contribution in [0.15, 0.2) is 39.7 Å². The van der Waals surface area contributed by atoms with E-state index in [9.17, 15) is 18.8 Å². The molecule has 10 rings (SSSR count). The zero-order valence-electron chi connectivity index (χ0n) is 22.0. The highest BCUT2D eigenvalue weighted by atomic mass is 19.1. The Morgan fingerprint density at radius 2 is 1.80 bits per heavy atom. The van der Waals surface area contributed by atoms with E-state index < -0.39 is 23.4 Å². The summed E-state index contributed by atoms with van der Waals surface area (Å²) in [6, 6.07) is 6.50. The molecule has 0 aliphatic heterocycles. The van der Waals surface area contributed by atoms with Crippen LogP contribution in [0.5, 0.6) is 0 Å². The summed E-state index contributed by atoms with van der Waals surface area (Å²) < 4.78 is 22.2. The van der Waals surface area contributed by atoms with Crippen LogP contribution in [-0.2, 0) is 13.6 Å². The molecule has 6 fully saturated rings. The molecule has 4 aromatic rings. The van der Waals surface area contributed by atoms with Crippen LogP contribution < -0.4 is 16.4 Å². The average Bonchev–Trinajstić information content (AvgIpc) is 3.47. The maximum Gasteiger partial charge on any atom is 0.419 e. The van der Waals surface area contributed by atoms with Crippen LogP contribution >= 0.6 is 0 Å². The average molecular weight is 544 g/mol. The first kappa shape index (κ1) is 22.7. The third-order valence-electron chi connectivity index (χ3n) is 11.3. The zero-order chi connectivity index (χ0) is 27.5. The Morgan fingerprint density at radius 1 is 1.07 bits per heavy atom. The first-order valence-corrected chi connectivity index (χ1v) is 13.6. The Hall–Kier alpha value is -4.06. The lowest BCUT2D eigenvalue weighted by atomic mass is 8.94. The van der Waals surface area contributed by atoms with Crippen LogP contribution in [0.4, 0.5) is 4.39 Å². The van der Waals surface area contributed by atoms with Crippen LogP contribution in [0, 0.1) is 46.7 Å². The highest BCUT2D eigenvalue weighted by Gasteiger charge is 3.09. The van der Waals surface area contributed by atoms with Gasteiger partial charge in [0.15, 0.2) is 17.0 Å². The first-order valence-electron chi connectivity index (χ1n) is 13.6. The molecule has 11 nitrogen and oxygen atoms in total. The molecule has 12 heteroatoms. The second-order valence-corrected chi connectivity index (χ2v) is 12.4. The van der Waals surface area contributed by atoms with Gasteiger partial charge in [0.25, 0.3) is 11.8 Å². The molecular formula is C28H26FN7O4. The van der Waals surface area contributed by atoms with Gasteiger partial charge in [-0.3, -0.25) is 14.2 Å². The number of rotatable bonds is 7. The predicted molar refractivity (Wildman–Crippen MR) is 138 cm³/mol. The molecule has 6 saturated carbocycles. The minimum atomic E-state index is -0.717. The number of hydrogen-bond donors (Lipinski definition) is 2. The molecule has 3 aromatic heterocycles. The third-order valence-corrected chi connectivity index (χ3v) is 11.3. The van der Waals surface area contributed by atoms with E-state index in [1.54, 1.807) is 25.2 Å². The van der Waals surface area contributed by atoms with Crippen molar-refractivity contribution in [3.8, 4) is 0 Å². The summed E-state index contributed by atoms with van der Waals surface area (Å²) in [7, 11) is 6.00. The number of carbonyl (C=O) groups excluding carboxylic acids is 2. The summed E-state index contributed by atoms with van der Waals surface area (Å²) in [4.78, 5) is 44.8. The van der Waals surface area contributed by atoms with Crippen molar-refractivity contribution in [3.05, 3.63) is 63.8 Å². The number of nitrogens with zero attached hydrogens (tertiary/aromatic N) is 5. The van der Waals surface area contributed by atoms with E-state index in [2.05, 4.69) is 39.7 Å². The minimum absolute atomic E-state index is 0.0653. The van der Waals surface area contributed by atoms with Crippen molar-refractivity contribution < 1.29 is 18.4 Å². The number of oxazole rings is 1.